The lowest BCUT2D eigenvalue weighted by molar-refractivity contribution is -0.132. The Morgan fingerprint density at radius 2 is 1.97 bits per heavy atom. The van der Waals surface area contributed by atoms with Crippen molar-refractivity contribution in [1.29, 1.82) is 0 Å². The van der Waals surface area contributed by atoms with Crippen LogP contribution in [0.1, 0.15) is 54.2 Å². The number of rotatable bonds is 7. The van der Waals surface area contributed by atoms with Crippen LogP contribution in [-0.4, -0.2) is 63.9 Å². The molecule has 7 nitrogen and oxygen atoms in total. The number of hydrogen-bond acceptors (Lipinski definition) is 5. The predicted octanol–water partition coefficient (Wildman–Crippen LogP) is 4.03. The molecule has 1 aromatic carbocycles. The fourth-order valence-corrected chi connectivity index (χ4v) is 4.69. The fraction of sp³-hybridized carbons (Fsp3) is 0.429. The summed E-state index contributed by atoms with van der Waals surface area (Å²) in [5.41, 5.74) is 3.38. The third-order valence-corrected chi connectivity index (χ3v) is 6.57. The van der Waals surface area contributed by atoms with Gasteiger partial charge in [-0.3, -0.25) is 19.6 Å². The first kappa shape index (κ1) is 23.4. The largest absolute Gasteiger partial charge is 0.370 e. The Balaban J connectivity index is 1.43. The maximum atomic E-state index is 13.9. The van der Waals surface area contributed by atoms with E-state index in [1.165, 1.54) is 0 Å². The van der Waals surface area contributed by atoms with E-state index in [0.29, 0.717) is 43.6 Å². The van der Waals surface area contributed by atoms with Gasteiger partial charge in [0.05, 0.1) is 23.8 Å². The summed E-state index contributed by atoms with van der Waals surface area (Å²) >= 11 is 0. The highest BCUT2D eigenvalue weighted by molar-refractivity contribution is 6.07. The zero-order chi connectivity index (χ0) is 24.4. The molecule has 0 spiro atoms. The van der Waals surface area contributed by atoms with Crippen molar-refractivity contribution < 1.29 is 14.3 Å². The first-order valence-corrected chi connectivity index (χ1v) is 12.4. The third kappa shape index (κ3) is 5.51. The van der Waals surface area contributed by atoms with Gasteiger partial charge in [-0.15, -0.1) is 0 Å². The number of aromatic nitrogens is 2. The number of pyridine rings is 2. The lowest BCUT2D eigenvalue weighted by atomic mass is 10.0. The normalized spacial score (nSPS) is 18.8. The number of carbonyl (C=O) groups is 2. The highest BCUT2D eigenvalue weighted by atomic mass is 16.5. The van der Waals surface area contributed by atoms with Gasteiger partial charge >= 0.3 is 0 Å². The smallest absolute Gasteiger partial charge is 0.255 e. The molecule has 2 aromatic heterocycles. The summed E-state index contributed by atoms with van der Waals surface area (Å²) in [6.45, 7) is 6.07. The van der Waals surface area contributed by atoms with Crippen LogP contribution in [0, 0.1) is 5.92 Å². The Morgan fingerprint density at radius 3 is 2.71 bits per heavy atom. The molecule has 5 rings (SSSR count). The highest BCUT2D eigenvalue weighted by Crippen LogP contribution is 2.40. The molecule has 1 saturated heterocycles. The number of carbonyl (C=O) groups excluding carboxylic acids is 2. The average molecular weight is 473 g/mol. The Hall–Kier alpha value is -3.32. The molecule has 1 atom stereocenters. The van der Waals surface area contributed by atoms with Crippen LogP contribution in [0.2, 0.25) is 0 Å². The van der Waals surface area contributed by atoms with E-state index in [1.54, 1.807) is 17.3 Å². The quantitative estimate of drug-likeness (QED) is 0.519. The van der Waals surface area contributed by atoms with E-state index < -0.39 is 0 Å². The van der Waals surface area contributed by atoms with Gasteiger partial charge in [0.1, 0.15) is 6.54 Å². The molecule has 2 aliphatic rings. The lowest BCUT2D eigenvalue weighted by Crippen LogP contribution is -2.40. The van der Waals surface area contributed by atoms with Gasteiger partial charge in [0.25, 0.3) is 5.91 Å². The van der Waals surface area contributed by atoms with Crippen LogP contribution >= 0.6 is 0 Å². The van der Waals surface area contributed by atoms with E-state index in [9.17, 15) is 9.59 Å². The Labute approximate surface area is 206 Å². The second-order valence-corrected chi connectivity index (χ2v) is 10.1. The van der Waals surface area contributed by atoms with Crippen LogP contribution in [0.5, 0.6) is 0 Å². The molecule has 182 valence electrons. The zero-order valence-electron chi connectivity index (χ0n) is 20.4. The van der Waals surface area contributed by atoms with Crippen molar-refractivity contribution in [3.05, 3.63) is 71.7 Å². The summed E-state index contributed by atoms with van der Waals surface area (Å²) in [5.74, 6) is 0.569. The number of nitrogens with zero attached hydrogens (tertiary/aromatic N) is 4. The second kappa shape index (κ2) is 10.1. The SMILES string of the molecule is CC(C)CN1CC(OCc2cccnc2)CN(C(=O)c2cc(C3CC3)nc3ccccc23)CC1=O. The van der Waals surface area contributed by atoms with E-state index in [4.69, 9.17) is 9.72 Å². The van der Waals surface area contributed by atoms with Crippen LogP contribution in [0.3, 0.4) is 0 Å². The minimum Gasteiger partial charge on any atom is -0.370 e. The van der Waals surface area contributed by atoms with Crippen LogP contribution in [-0.2, 0) is 16.1 Å². The summed E-state index contributed by atoms with van der Waals surface area (Å²) in [7, 11) is 0. The van der Waals surface area contributed by atoms with Gasteiger partial charge in [-0.2, -0.15) is 0 Å². The number of para-hydroxylation sites is 1. The minimum atomic E-state index is -0.291. The first-order valence-electron chi connectivity index (χ1n) is 12.4. The average Bonchev–Trinajstić information content (AvgIpc) is 3.71. The van der Waals surface area contributed by atoms with Crippen molar-refractivity contribution >= 4 is 22.7 Å². The van der Waals surface area contributed by atoms with Gasteiger partial charge in [-0.25, -0.2) is 0 Å². The fourth-order valence-electron chi connectivity index (χ4n) is 4.69. The summed E-state index contributed by atoms with van der Waals surface area (Å²) in [6, 6.07) is 13.5. The van der Waals surface area contributed by atoms with E-state index in [2.05, 4.69) is 18.8 Å². The van der Waals surface area contributed by atoms with Crippen LogP contribution in [0.15, 0.2) is 54.9 Å². The molecule has 1 unspecified atom stereocenters. The van der Waals surface area contributed by atoms with Crippen molar-refractivity contribution in [2.24, 2.45) is 5.92 Å². The Kier molecular flexibility index (Phi) is 6.77. The molecule has 3 heterocycles. The summed E-state index contributed by atoms with van der Waals surface area (Å²) in [4.78, 5) is 39.6. The van der Waals surface area contributed by atoms with E-state index in [0.717, 1.165) is 35.0 Å². The first-order chi connectivity index (χ1) is 17.0. The van der Waals surface area contributed by atoms with Crippen LogP contribution in [0.4, 0.5) is 0 Å². The zero-order valence-corrected chi connectivity index (χ0v) is 20.4. The van der Waals surface area contributed by atoms with Gasteiger partial charge in [0.15, 0.2) is 0 Å². The lowest BCUT2D eigenvalue weighted by Gasteiger charge is -2.26. The number of fused-ring (bicyclic) bond motifs is 1. The standard InChI is InChI=1S/C28H32N4O3/c1-19(2)14-31-15-22(35-18-20-6-5-11-29-13-20)16-32(17-27(31)33)28(34)24-12-26(21-9-10-21)30-25-8-4-3-7-23(24)25/h3-8,11-13,19,21-22H,9-10,14-18H2,1-2H3. The third-order valence-electron chi connectivity index (χ3n) is 6.57. The Bertz CT molecular complexity index is 1210. The molecule has 1 aliphatic heterocycles. The van der Waals surface area contributed by atoms with Gasteiger partial charge in [0, 0.05) is 49.0 Å². The van der Waals surface area contributed by atoms with Crippen molar-refractivity contribution in [1.82, 2.24) is 19.8 Å². The number of hydrogen-bond donors (Lipinski definition) is 0. The molecular weight excluding hydrogens is 440 g/mol. The summed E-state index contributed by atoms with van der Waals surface area (Å²) < 4.78 is 6.24. The van der Waals surface area contributed by atoms with Crippen LogP contribution < -0.4 is 0 Å². The van der Waals surface area contributed by atoms with Crippen molar-refractivity contribution in [2.45, 2.75) is 45.3 Å². The van der Waals surface area contributed by atoms with Gasteiger partial charge in [-0.1, -0.05) is 38.1 Å². The topological polar surface area (TPSA) is 75.6 Å². The van der Waals surface area contributed by atoms with Crippen molar-refractivity contribution in [2.75, 3.05) is 26.2 Å². The molecule has 3 aromatic rings. The maximum Gasteiger partial charge on any atom is 0.255 e. The second-order valence-electron chi connectivity index (χ2n) is 10.1. The molecule has 2 amide bonds. The highest BCUT2D eigenvalue weighted by Gasteiger charge is 2.33. The van der Waals surface area contributed by atoms with E-state index in [1.807, 2.05) is 47.4 Å². The number of amides is 2. The Morgan fingerprint density at radius 1 is 1.14 bits per heavy atom. The molecule has 0 radical (unpaired) electrons. The molecule has 1 saturated carbocycles. The number of ether oxygens (including phenoxy) is 1. The van der Waals surface area contributed by atoms with Crippen molar-refractivity contribution in [3.8, 4) is 0 Å². The number of benzene rings is 1. The molecule has 35 heavy (non-hydrogen) atoms. The summed E-state index contributed by atoms with van der Waals surface area (Å²) in [6.07, 6.45) is 5.43. The molecule has 1 aliphatic carbocycles. The minimum absolute atomic E-state index is 0.0414. The van der Waals surface area contributed by atoms with Gasteiger partial charge in [0.2, 0.25) is 5.91 Å². The molecule has 7 heteroatoms. The molecule has 2 fully saturated rings. The predicted molar refractivity (Wildman–Crippen MR) is 134 cm³/mol. The maximum absolute atomic E-state index is 13.9. The van der Waals surface area contributed by atoms with Gasteiger partial charge in [-0.05, 0) is 42.5 Å². The molecule has 0 bridgehead atoms. The van der Waals surface area contributed by atoms with E-state index in [-0.39, 0.29) is 24.5 Å². The van der Waals surface area contributed by atoms with Crippen molar-refractivity contribution in [3.63, 3.8) is 0 Å². The molecular formula is C28H32N4O3. The van der Waals surface area contributed by atoms with E-state index >= 15 is 0 Å². The van der Waals surface area contributed by atoms with Crippen LogP contribution in [0.25, 0.3) is 10.9 Å². The van der Waals surface area contributed by atoms with Gasteiger partial charge < -0.3 is 14.5 Å². The monoisotopic (exact) mass is 472 g/mol. The summed E-state index contributed by atoms with van der Waals surface area (Å²) in [5, 5.41) is 0.825. The molecule has 0 N–H and O–H groups in total.